The number of aryl methyl sites for hydroxylation is 2. The van der Waals surface area contributed by atoms with Gasteiger partial charge in [0.1, 0.15) is 0 Å². The molecular weight excluding hydrogens is 287 g/mol. The Morgan fingerprint density at radius 3 is 2.53 bits per heavy atom. The smallest absolute Gasteiger partial charge is 0.276 e. The van der Waals surface area contributed by atoms with Crippen LogP contribution in [-0.4, -0.2) is 15.0 Å². The fourth-order valence-electron chi connectivity index (χ4n) is 1.78. The lowest BCUT2D eigenvalue weighted by atomic mass is 10.2. The second-order valence-corrected chi connectivity index (χ2v) is 4.89. The first-order chi connectivity index (χ1) is 8.90. The summed E-state index contributed by atoms with van der Waals surface area (Å²) >= 11 is 11.2. The number of rotatable bonds is 2. The molecule has 2 rings (SSSR count). The predicted molar refractivity (Wildman–Crippen MR) is 74.5 cm³/mol. The molecule has 1 aromatic heterocycles. The van der Waals surface area contributed by atoms with E-state index in [1.807, 2.05) is 6.92 Å². The molecule has 2 aromatic rings. The number of carbonyl (C=O) groups excluding carboxylic acids is 1. The molecule has 0 unspecified atom stereocenters. The summed E-state index contributed by atoms with van der Waals surface area (Å²) in [5, 5.41) is 3.75. The Morgan fingerprint density at radius 1 is 1.26 bits per heavy atom. The zero-order valence-corrected chi connectivity index (χ0v) is 11.8. The highest BCUT2D eigenvalue weighted by molar-refractivity contribution is 6.67. The van der Waals surface area contributed by atoms with Crippen LogP contribution in [0.5, 0.6) is 0 Å². The molecule has 0 amide bonds. The van der Waals surface area contributed by atoms with E-state index in [0.717, 1.165) is 11.3 Å². The molecule has 1 aromatic carbocycles. The van der Waals surface area contributed by atoms with Gasteiger partial charge in [0.15, 0.2) is 5.69 Å². The Labute approximate surface area is 119 Å². The van der Waals surface area contributed by atoms with E-state index in [9.17, 15) is 9.59 Å². The third kappa shape index (κ3) is 2.69. The van der Waals surface area contributed by atoms with E-state index >= 15 is 0 Å². The van der Waals surface area contributed by atoms with Crippen LogP contribution in [0.25, 0.3) is 5.69 Å². The summed E-state index contributed by atoms with van der Waals surface area (Å²) in [5.41, 5.74) is 1.44. The highest BCUT2D eigenvalue weighted by atomic mass is 35.5. The maximum Gasteiger partial charge on any atom is 0.276 e. The van der Waals surface area contributed by atoms with Gasteiger partial charge in [-0.05, 0) is 49.2 Å². The molecule has 0 N–H and O–H groups in total. The molecule has 0 atom stereocenters. The number of hydrogen-bond donors (Lipinski definition) is 0. The van der Waals surface area contributed by atoms with E-state index in [4.69, 9.17) is 23.2 Å². The van der Waals surface area contributed by atoms with E-state index in [1.165, 1.54) is 10.7 Å². The Kier molecular flexibility index (Phi) is 3.73. The molecule has 0 fully saturated rings. The molecule has 6 heteroatoms. The first kappa shape index (κ1) is 13.8. The number of aromatic nitrogens is 2. The monoisotopic (exact) mass is 296 g/mol. The van der Waals surface area contributed by atoms with Crippen LogP contribution < -0.4 is 5.43 Å². The molecule has 98 valence electrons. The van der Waals surface area contributed by atoms with Crippen molar-refractivity contribution < 1.29 is 4.79 Å². The largest absolute Gasteiger partial charge is 0.287 e. The molecule has 1 heterocycles. The average molecular weight is 297 g/mol. The van der Waals surface area contributed by atoms with Crippen molar-refractivity contribution >= 4 is 28.4 Å². The van der Waals surface area contributed by atoms with Crippen molar-refractivity contribution in [2.75, 3.05) is 0 Å². The van der Waals surface area contributed by atoms with Crippen LogP contribution >= 0.6 is 23.2 Å². The topological polar surface area (TPSA) is 52.0 Å². The lowest BCUT2D eigenvalue weighted by Crippen LogP contribution is -2.21. The van der Waals surface area contributed by atoms with Gasteiger partial charge in [-0.2, -0.15) is 5.10 Å². The zero-order valence-electron chi connectivity index (χ0n) is 10.3. The van der Waals surface area contributed by atoms with Gasteiger partial charge < -0.3 is 0 Å². The number of benzene rings is 1. The number of halogens is 2. The molecule has 0 saturated carbocycles. The highest BCUT2D eigenvalue weighted by Crippen LogP contribution is 2.19. The summed E-state index contributed by atoms with van der Waals surface area (Å²) in [5.74, 6) is 0. The summed E-state index contributed by atoms with van der Waals surface area (Å²) in [7, 11) is 0. The minimum atomic E-state index is -0.870. The lowest BCUT2D eigenvalue weighted by Gasteiger charge is -2.12. The molecule has 0 radical (unpaired) electrons. The first-order valence-corrected chi connectivity index (χ1v) is 6.23. The highest BCUT2D eigenvalue weighted by Gasteiger charge is 2.13. The Bertz CT molecular complexity index is 723. The molecular formula is C13H10Cl2N2O2. The average Bonchev–Trinajstić information content (AvgIpc) is 2.30. The van der Waals surface area contributed by atoms with E-state index in [-0.39, 0.29) is 5.69 Å². The minimum Gasteiger partial charge on any atom is -0.287 e. The van der Waals surface area contributed by atoms with Gasteiger partial charge in [-0.1, -0.05) is 11.6 Å². The van der Waals surface area contributed by atoms with Crippen molar-refractivity contribution in [3.05, 3.63) is 56.5 Å². The summed E-state index contributed by atoms with van der Waals surface area (Å²) in [6.45, 7) is 3.59. The number of carbonyl (C=O) groups is 1. The minimum absolute atomic E-state index is 0.290. The van der Waals surface area contributed by atoms with Gasteiger partial charge in [0.25, 0.3) is 5.24 Å². The molecule has 0 saturated heterocycles. The van der Waals surface area contributed by atoms with Gasteiger partial charge in [0.05, 0.1) is 5.69 Å². The SMILES string of the molecule is Cc1cc(Cl)ccc1-n1nc(C(=O)Cl)c(=O)cc1C. The van der Waals surface area contributed by atoms with E-state index in [2.05, 4.69) is 5.10 Å². The van der Waals surface area contributed by atoms with Gasteiger partial charge in [0.2, 0.25) is 5.43 Å². The van der Waals surface area contributed by atoms with Crippen LogP contribution in [-0.2, 0) is 0 Å². The Balaban J connectivity index is 2.71. The molecule has 0 aliphatic rings. The fourth-order valence-corrected chi connectivity index (χ4v) is 2.14. The number of nitrogens with zero attached hydrogens (tertiary/aromatic N) is 2. The first-order valence-electron chi connectivity index (χ1n) is 5.47. The van der Waals surface area contributed by atoms with Crippen molar-refractivity contribution in [3.8, 4) is 5.69 Å². The molecule has 0 bridgehead atoms. The van der Waals surface area contributed by atoms with Crippen molar-refractivity contribution in [2.24, 2.45) is 0 Å². The van der Waals surface area contributed by atoms with Gasteiger partial charge >= 0.3 is 0 Å². The van der Waals surface area contributed by atoms with Crippen LogP contribution in [0.2, 0.25) is 5.02 Å². The van der Waals surface area contributed by atoms with Crippen molar-refractivity contribution in [1.29, 1.82) is 0 Å². The molecule has 0 aliphatic heterocycles. The maximum absolute atomic E-state index is 11.6. The van der Waals surface area contributed by atoms with Crippen LogP contribution in [0.1, 0.15) is 21.7 Å². The predicted octanol–water partition coefficient (Wildman–Crippen LogP) is 2.88. The summed E-state index contributed by atoms with van der Waals surface area (Å²) < 4.78 is 1.50. The standard InChI is InChI=1S/C13H10Cl2N2O2/c1-7-5-9(14)3-4-10(7)17-8(2)6-11(18)12(16-17)13(15)19/h3-6H,1-2H3. The van der Waals surface area contributed by atoms with Gasteiger partial charge in [-0.15, -0.1) is 0 Å². The van der Waals surface area contributed by atoms with Crippen LogP contribution in [0.3, 0.4) is 0 Å². The molecule has 0 aliphatic carbocycles. The lowest BCUT2D eigenvalue weighted by molar-refractivity contribution is 0.107. The number of hydrogen-bond acceptors (Lipinski definition) is 3. The third-order valence-corrected chi connectivity index (χ3v) is 3.09. The molecule has 4 nitrogen and oxygen atoms in total. The van der Waals surface area contributed by atoms with E-state index in [0.29, 0.717) is 10.7 Å². The normalized spacial score (nSPS) is 10.5. The van der Waals surface area contributed by atoms with Crippen molar-refractivity contribution in [2.45, 2.75) is 13.8 Å². The molecule has 19 heavy (non-hydrogen) atoms. The quantitative estimate of drug-likeness (QED) is 0.801. The summed E-state index contributed by atoms with van der Waals surface area (Å²) in [4.78, 5) is 22.8. The summed E-state index contributed by atoms with van der Waals surface area (Å²) in [6, 6.07) is 6.59. The summed E-state index contributed by atoms with van der Waals surface area (Å²) in [6.07, 6.45) is 0. The Hall–Kier alpha value is -1.65. The second kappa shape index (κ2) is 5.15. The second-order valence-electron chi connectivity index (χ2n) is 4.11. The van der Waals surface area contributed by atoms with Crippen LogP contribution in [0.15, 0.2) is 29.1 Å². The van der Waals surface area contributed by atoms with E-state index in [1.54, 1.807) is 25.1 Å². The maximum atomic E-state index is 11.6. The van der Waals surface area contributed by atoms with Gasteiger partial charge in [-0.25, -0.2) is 4.68 Å². The zero-order chi connectivity index (χ0) is 14.2. The van der Waals surface area contributed by atoms with E-state index < -0.39 is 10.7 Å². The van der Waals surface area contributed by atoms with Crippen LogP contribution in [0.4, 0.5) is 0 Å². The molecule has 0 spiro atoms. The third-order valence-electron chi connectivity index (χ3n) is 2.68. The fraction of sp³-hybridized carbons (Fsp3) is 0.154. The van der Waals surface area contributed by atoms with Crippen molar-refractivity contribution in [1.82, 2.24) is 9.78 Å². The van der Waals surface area contributed by atoms with Gasteiger partial charge in [0, 0.05) is 16.8 Å². The van der Waals surface area contributed by atoms with Gasteiger partial charge in [-0.3, -0.25) is 9.59 Å². The van der Waals surface area contributed by atoms with Crippen molar-refractivity contribution in [3.63, 3.8) is 0 Å². The van der Waals surface area contributed by atoms with Crippen LogP contribution in [0, 0.1) is 13.8 Å². The Morgan fingerprint density at radius 2 is 1.95 bits per heavy atom.